The molecule has 0 unspecified atom stereocenters. The van der Waals surface area contributed by atoms with Crippen LogP contribution in [0, 0.1) is 5.92 Å². The van der Waals surface area contributed by atoms with Crippen molar-refractivity contribution >= 4 is 15.9 Å². The van der Waals surface area contributed by atoms with Crippen LogP contribution in [-0.4, -0.2) is 33.5 Å². The van der Waals surface area contributed by atoms with Crippen LogP contribution in [0.1, 0.15) is 26.3 Å². The van der Waals surface area contributed by atoms with E-state index in [1.807, 2.05) is 44.2 Å². The average Bonchev–Trinajstić information content (AvgIpc) is 2.67. The molecule has 2 rings (SSSR count). The van der Waals surface area contributed by atoms with Crippen LogP contribution in [0.2, 0.25) is 0 Å². The van der Waals surface area contributed by atoms with Gasteiger partial charge < -0.3 is 10.1 Å². The Bertz CT molecular complexity index is 850. The van der Waals surface area contributed by atoms with Crippen LogP contribution in [0.25, 0.3) is 0 Å². The molecule has 1 atom stereocenters. The van der Waals surface area contributed by atoms with Crippen molar-refractivity contribution in [2.45, 2.75) is 38.2 Å². The van der Waals surface area contributed by atoms with Gasteiger partial charge in [0.15, 0.2) is 6.10 Å². The number of benzene rings is 2. The number of rotatable bonds is 10. The van der Waals surface area contributed by atoms with E-state index < -0.39 is 16.1 Å². The molecule has 0 aromatic heterocycles. The van der Waals surface area contributed by atoms with E-state index in [-0.39, 0.29) is 10.8 Å². The van der Waals surface area contributed by atoms with Crippen LogP contribution in [0.3, 0.4) is 0 Å². The maximum Gasteiger partial charge on any atom is 0.260 e. The quantitative estimate of drug-likeness (QED) is 0.638. The SMILES string of the molecule is CC(C)CNC(=O)[C@H](C)Oc1ccc(S(=O)(=O)NCCc2ccccc2)cc1. The smallest absolute Gasteiger partial charge is 0.260 e. The number of nitrogens with one attached hydrogen (secondary N) is 2. The first-order valence-corrected chi connectivity index (χ1v) is 10.8. The lowest BCUT2D eigenvalue weighted by Crippen LogP contribution is -2.38. The molecule has 7 heteroatoms. The minimum Gasteiger partial charge on any atom is -0.481 e. The van der Waals surface area contributed by atoms with E-state index in [2.05, 4.69) is 10.0 Å². The van der Waals surface area contributed by atoms with Crippen LogP contribution in [0.4, 0.5) is 0 Å². The summed E-state index contributed by atoms with van der Waals surface area (Å²) in [6.07, 6.45) is -0.0465. The first-order chi connectivity index (χ1) is 13.3. The van der Waals surface area contributed by atoms with Gasteiger partial charge >= 0.3 is 0 Å². The molecule has 6 nitrogen and oxygen atoms in total. The summed E-state index contributed by atoms with van der Waals surface area (Å²) in [6.45, 7) is 6.58. The minimum atomic E-state index is -3.59. The Balaban J connectivity index is 1.88. The average molecular weight is 405 g/mol. The maximum absolute atomic E-state index is 12.4. The van der Waals surface area contributed by atoms with Gasteiger partial charge in [0.25, 0.3) is 5.91 Å². The summed E-state index contributed by atoms with van der Waals surface area (Å²) >= 11 is 0. The van der Waals surface area contributed by atoms with E-state index in [0.29, 0.717) is 31.2 Å². The fraction of sp³-hybridized carbons (Fsp3) is 0.381. The van der Waals surface area contributed by atoms with Gasteiger partial charge in [-0.2, -0.15) is 0 Å². The monoisotopic (exact) mass is 404 g/mol. The van der Waals surface area contributed by atoms with Gasteiger partial charge in [-0.05, 0) is 49.1 Å². The lowest BCUT2D eigenvalue weighted by Gasteiger charge is -2.16. The molecule has 0 spiro atoms. The molecule has 0 aliphatic heterocycles. The van der Waals surface area contributed by atoms with Crippen LogP contribution in [-0.2, 0) is 21.2 Å². The van der Waals surface area contributed by atoms with E-state index in [9.17, 15) is 13.2 Å². The third kappa shape index (κ3) is 6.98. The molecular formula is C21H28N2O4S. The summed E-state index contributed by atoms with van der Waals surface area (Å²) in [5, 5.41) is 2.80. The van der Waals surface area contributed by atoms with Gasteiger partial charge in [0, 0.05) is 13.1 Å². The lowest BCUT2D eigenvalue weighted by molar-refractivity contribution is -0.127. The second-order valence-corrected chi connectivity index (χ2v) is 8.77. The summed E-state index contributed by atoms with van der Waals surface area (Å²) in [5.74, 6) is 0.596. The molecule has 2 aromatic rings. The molecule has 0 saturated heterocycles. The van der Waals surface area contributed by atoms with Crippen LogP contribution < -0.4 is 14.8 Å². The van der Waals surface area contributed by atoms with Gasteiger partial charge in [-0.15, -0.1) is 0 Å². The number of hydrogen-bond acceptors (Lipinski definition) is 4. The molecule has 0 radical (unpaired) electrons. The molecule has 152 valence electrons. The lowest BCUT2D eigenvalue weighted by atomic mass is 10.2. The van der Waals surface area contributed by atoms with E-state index in [4.69, 9.17) is 4.74 Å². The standard InChI is InChI=1S/C21H28N2O4S/c1-16(2)15-22-21(24)17(3)27-19-9-11-20(12-10-19)28(25,26)23-14-13-18-7-5-4-6-8-18/h4-12,16-17,23H,13-15H2,1-3H3,(H,22,24)/t17-/m0/s1. The Morgan fingerprint density at radius 2 is 1.64 bits per heavy atom. The molecule has 0 saturated carbocycles. The molecule has 0 heterocycles. The Morgan fingerprint density at radius 1 is 1.00 bits per heavy atom. The second-order valence-electron chi connectivity index (χ2n) is 7.00. The Hall–Kier alpha value is -2.38. The zero-order valence-corrected chi connectivity index (χ0v) is 17.3. The molecular weight excluding hydrogens is 376 g/mol. The zero-order valence-electron chi connectivity index (χ0n) is 16.5. The van der Waals surface area contributed by atoms with Gasteiger partial charge in [-0.1, -0.05) is 44.2 Å². The fourth-order valence-electron chi connectivity index (χ4n) is 2.46. The van der Waals surface area contributed by atoms with E-state index in [0.717, 1.165) is 5.56 Å². The Kier molecular flexibility index (Phi) is 8.02. The first-order valence-electron chi connectivity index (χ1n) is 9.36. The fourth-order valence-corrected chi connectivity index (χ4v) is 3.49. The zero-order chi connectivity index (χ0) is 20.6. The van der Waals surface area contributed by atoms with Gasteiger partial charge in [0.05, 0.1) is 4.90 Å². The highest BCUT2D eigenvalue weighted by molar-refractivity contribution is 7.89. The van der Waals surface area contributed by atoms with Crippen molar-refractivity contribution in [3.8, 4) is 5.75 Å². The summed E-state index contributed by atoms with van der Waals surface area (Å²) in [6, 6.07) is 15.7. The highest BCUT2D eigenvalue weighted by Crippen LogP contribution is 2.17. The van der Waals surface area contributed by atoms with Crippen molar-refractivity contribution in [3.05, 3.63) is 60.2 Å². The van der Waals surface area contributed by atoms with Crippen molar-refractivity contribution in [1.82, 2.24) is 10.0 Å². The maximum atomic E-state index is 12.4. The predicted octanol–water partition coefficient (Wildman–Crippen LogP) is 2.75. The minimum absolute atomic E-state index is 0.157. The third-order valence-electron chi connectivity index (χ3n) is 4.05. The van der Waals surface area contributed by atoms with Crippen molar-refractivity contribution < 1.29 is 17.9 Å². The number of amides is 1. The molecule has 0 fully saturated rings. The first kappa shape index (κ1) is 21.9. The van der Waals surface area contributed by atoms with Crippen molar-refractivity contribution in [2.24, 2.45) is 5.92 Å². The van der Waals surface area contributed by atoms with E-state index >= 15 is 0 Å². The molecule has 2 N–H and O–H groups in total. The predicted molar refractivity (Wildman–Crippen MR) is 110 cm³/mol. The van der Waals surface area contributed by atoms with Crippen LogP contribution in [0.15, 0.2) is 59.5 Å². The van der Waals surface area contributed by atoms with E-state index in [1.54, 1.807) is 19.1 Å². The van der Waals surface area contributed by atoms with Gasteiger partial charge in [-0.3, -0.25) is 4.79 Å². The van der Waals surface area contributed by atoms with Crippen LogP contribution >= 0.6 is 0 Å². The number of carbonyl (C=O) groups excluding carboxylic acids is 1. The highest BCUT2D eigenvalue weighted by Gasteiger charge is 2.16. The van der Waals surface area contributed by atoms with Crippen molar-refractivity contribution in [3.63, 3.8) is 0 Å². The van der Waals surface area contributed by atoms with E-state index in [1.165, 1.54) is 12.1 Å². The van der Waals surface area contributed by atoms with Gasteiger partial charge in [0.1, 0.15) is 5.75 Å². The number of sulfonamides is 1. The molecule has 2 aromatic carbocycles. The normalized spacial score (nSPS) is 12.6. The van der Waals surface area contributed by atoms with Crippen LogP contribution in [0.5, 0.6) is 5.75 Å². The summed E-state index contributed by atoms with van der Waals surface area (Å²) in [4.78, 5) is 12.1. The number of ether oxygens (including phenoxy) is 1. The largest absolute Gasteiger partial charge is 0.481 e. The Labute approximate surface area is 167 Å². The van der Waals surface area contributed by atoms with Gasteiger partial charge in [-0.25, -0.2) is 13.1 Å². The number of hydrogen-bond donors (Lipinski definition) is 2. The molecule has 0 aliphatic rings. The molecule has 0 bridgehead atoms. The molecule has 28 heavy (non-hydrogen) atoms. The Morgan fingerprint density at radius 3 is 2.25 bits per heavy atom. The highest BCUT2D eigenvalue weighted by atomic mass is 32.2. The molecule has 0 aliphatic carbocycles. The second kappa shape index (κ2) is 10.2. The third-order valence-corrected chi connectivity index (χ3v) is 5.53. The van der Waals surface area contributed by atoms with Crippen molar-refractivity contribution in [1.29, 1.82) is 0 Å². The summed E-state index contributed by atoms with van der Waals surface area (Å²) in [5.41, 5.74) is 1.07. The number of carbonyl (C=O) groups is 1. The topological polar surface area (TPSA) is 84.5 Å². The summed E-state index contributed by atoms with van der Waals surface area (Å²) in [7, 11) is -3.59. The summed E-state index contributed by atoms with van der Waals surface area (Å²) < 4.78 is 33.0. The van der Waals surface area contributed by atoms with Gasteiger partial charge in [0.2, 0.25) is 10.0 Å². The van der Waals surface area contributed by atoms with Crippen molar-refractivity contribution in [2.75, 3.05) is 13.1 Å². The molecule has 1 amide bonds.